The highest BCUT2D eigenvalue weighted by molar-refractivity contribution is 6.32. The van der Waals surface area contributed by atoms with Crippen LogP contribution in [0.5, 0.6) is 0 Å². The van der Waals surface area contributed by atoms with Gasteiger partial charge in [0.15, 0.2) is 0 Å². The van der Waals surface area contributed by atoms with E-state index in [9.17, 15) is 0 Å². The molecule has 0 radical (unpaired) electrons. The van der Waals surface area contributed by atoms with Crippen LogP contribution in [0.3, 0.4) is 0 Å². The molecule has 1 aromatic carbocycles. The van der Waals surface area contributed by atoms with Gasteiger partial charge in [0.25, 0.3) is 0 Å². The number of pyridine rings is 1. The number of allylic oxidation sites excluding steroid dienone is 1. The monoisotopic (exact) mass is 229 g/mol. The molecule has 0 aliphatic rings. The molecule has 1 heterocycles. The molecular formula is C14H12ClN. The zero-order chi connectivity index (χ0) is 11.4. The van der Waals surface area contributed by atoms with Gasteiger partial charge in [-0.15, -0.1) is 0 Å². The first-order chi connectivity index (χ1) is 7.77. The van der Waals surface area contributed by atoms with Crippen molar-refractivity contribution < 1.29 is 0 Å². The van der Waals surface area contributed by atoms with E-state index in [1.54, 1.807) is 6.20 Å². The van der Waals surface area contributed by atoms with Crippen LogP contribution in [0.4, 0.5) is 0 Å². The van der Waals surface area contributed by atoms with Crippen molar-refractivity contribution in [1.29, 1.82) is 0 Å². The minimum absolute atomic E-state index is 0.771. The number of benzene rings is 1. The van der Waals surface area contributed by atoms with Gasteiger partial charge in [-0.1, -0.05) is 35.9 Å². The second-order valence-electron chi connectivity index (χ2n) is 3.56. The maximum Gasteiger partial charge on any atom is 0.0632 e. The van der Waals surface area contributed by atoms with Gasteiger partial charge in [-0.3, -0.25) is 4.98 Å². The van der Waals surface area contributed by atoms with Crippen molar-refractivity contribution >= 4 is 23.3 Å². The standard InChI is InChI=1S/C14H12ClN/c1-11(10-12-6-4-5-9-16-12)13-7-2-3-8-14(13)15/h2-10H,1H3/b11-10+. The molecular weight excluding hydrogens is 218 g/mol. The van der Waals surface area contributed by atoms with Crippen molar-refractivity contribution in [2.24, 2.45) is 0 Å². The van der Waals surface area contributed by atoms with Gasteiger partial charge in [-0.25, -0.2) is 0 Å². The highest BCUT2D eigenvalue weighted by Crippen LogP contribution is 2.24. The summed E-state index contributed by atoms with van der Waals surface area (Å²) < 4.78 is 0. The molecule has 0 spiro atoms. The molecule has 0 amide bonds. The Kier molecular flexibility index (Phi) is 3.37. The molecule has 0 aliphatic heterocycles. The lowest BCUT2D eigenvalue weighted by molar-refractivity contribution is 1.29. The fourth-order valence-electron chi connectivity index (χ4n) is 1.54. The van der Waals surface area contributed by atoms with E-state index < -0.39 is 0 Å². The Hall–Kier alpha value is -1.60. The molecule has 0 unspecified atom stereocenters. The van der Waals surface area contributed by atoms with Crippen LogP contribution < -0.4 is 0 Å². The van der Waals surface area contributed by atoms with Gasteiger partial charge in [-0.2, -0.15) is 0 Å². The molecule has 1 nitrogen and oxygen atoms in total. The lowest BCUT2D eigenvalue weighted by atomic mass is 10.1. The van der Waals surface area contributed by atoms with Gasteiger partial charge < -0.3 is 0 Å². The van der Waals surface area contributed by atoms with Gasteiger partial charge in [0.2, 0.25) is 0 Å². The predicted octanol–water partition coefficient (Wildman–Crippen LogP) is 4.30. The Morgan fingerprint density at radius 3 is 2.56 bits per heavy atom. The molecule has 0 N–H and O–H groups in total. The third kappa shape index (κ3) is 2.50. The topological polar surface area (TPSA) is 12.9 Å². The van der Waals surface area contributed by atoms with E-state index in [1.807, 2.05) is 55.5 Å². The second-order valence-corrected chi connectivity index (χ2v) is 3.97. The summed E-state index contributed by atoms with van der Waals surface area (Å²) >= 11 is 6.12. The van der Waals surface area contributed by atoms with Crippen molar-refractivity contribution in [3.63, 3.8) is 0 Å². The summed E-state index contributed by atoms with van der Waals surface area (Å²) in [6.45, 7) is 2.04. The average Bonchev–Trinajstić information content (AvgIpc) is 2.31. The maximum atomic E-state index is 6.12. The smallest absolute Gasteiger partial charge is 0.0632 e. The lowest BCUT2D eigenvalue weighted by Gasteiger charge is -2.03. The highest BCUT2D eigenvalue weighted by Gasteiger charge is 2.00. The molecule has 0 atom stereocenters. The lowest BCUT2D eigenvalue weighted by Crippen LogP contribution is -1.83. The summed E-state index contributed by atoms with van der Waals surface area (Å²) in [6.07, 6.45) is 3.81. The fourth-order valence-corrected chi connectivity index (χ4v) is 1.83. The van der Waals surface area contributed by atoms with Crippen LogP contribution in [0.25, 0.3) is 11.6 Å². The summed E-state index contributed by atoms with van der Waals surface area (Å²) in [5.74, 6) is 0. The fraction of sp³-hybridized carbons (Fsp3) is 0.0714. The quantitative estimate of drug-likeness (QED) is 0.749. The van der Waals surface area contributed by atoms with Crippen molar-refractivity contribution in [3.8, 4) is 0 Å². The Morgan fingerprint density at radius 1 is 1.12 bits per heavy atom. The third-order valence-electron chi connectivity index (χ3n) is 2.35. The molecule has 0 saturated carbocycles. The zero-order valence-electron chi connectivity index (χ0n) is 9.02. The van der Waals surface area contributed by atoms with E-state index >= 15 is 0 Å². The number of rotatable bonds is 2. The number of hydrogen-bond donors (Lipinski definition) is 0. The van der Waals surface area contributed by atoms with E-state index in [-0.39, 0.29) is 0 Å². The molecule has 0 aliphatic carbocycles. The molecule has 80 valence electrons. The Morgan fingerprint density at radius 2 is 1.88 bits per heavy atom. The van der Waals surface area contributed by atoms with Crippen LogP contribution >= 0.6 is 11.6 Å². The number of halogens is 1. The molecule has 0 saturated heterocycles. The number of aromatic nitrogens is 1. The first kappa shape index (κ1) is 10.9. The van der Waals surface area contributed by atoms with Crippen LogP contribution in [0.2, 0.25) is 5.02 Å². The van der Waals surface area contributed by atoms with Crippen molar-refractivity contribution in [2.75, 3.05) is 0 Å². The van der Waals surface area contributed by atoms with Crippen LogP contribution in [0, 0.1) is 0 Å². The number of hydrogen-bond acceptors (Lipinski definition) is 1. The van der Waals surface area contributed by atoms with Crippen molar-refractivity contribution in [3.05, 3.63) is 64.9 Å². The van der Waals surface area contributed by atoms with E-state index in [0.29, 0.717) is 0 Å². The molecule has 0 fully saturated rings. The van der Waals surface area contributed by atoms with Gasteiger partial charge in [0.05, 0.1) is 5.69 Å². The van der Waals surface area contributed by atoms with Crippen molar-refractivity contribution in [2.45, 2.75) is 6.92 Å². The summed E-state index contributed by atoms with van der Waals surface area (Å²) in [6, 6.07) is 13.7. The Bertz CT molecular complexity index is 503. The first-order valence-electron chi connectivity index (χ1n) is 5.11. The minimum Gasteiger partial charge on any atom is -0.257 e. The Labute approximate surface area is 100 Å². The largest absolute Gasteiger partial charge is 0.257 e. The van der Waals surface area contributed by atoms with Crippen LogP contribution in [-0.4, -0.2) is 4.98 Å². The first-order valence-corrected chi connectivity index (χ1v) is 5.49. The van der Waals surface area contributed by atoms with E-state index in [1.165, 1.54) is 0 Å². The molecule has 2 heteroatoms. The average molecular weight is 230 g/mol. The van der Waals surface area contributed by atoms with Crippen molar-refractivity contribution in [1.82, 2.24) is 4.98 Å². The summed E-state index contributed by atoms with van der Waals surface area (Å²) in [4.78, 5) is 4.25. The number of nitrogens with zero attached hydrogens (tertiary/aromatic N) is 1. The van der Waals surface area contributed by atoms with Gasteiger partial charge in [0, 0.05) is 11.2 Å². The van der Waals surface area contributed by atoms with Gasteiger partial charge >= 0.3 is 0 Å². The van der Waals surface area contributed by atoms with Crippen LogP contribution in [0.15, 0.2) is 48.7 Å². The Balaban J connectivity index is 2.36. The predicted molar refractivity (Wildman–Crippen MR) is 69.2 cm³/mol. The second kappa shape index (κ2) is 4.95. The maximum absolute atomic E-state index is 6.12. The zero-order valence-corrected chi connectivity index (χ0v) is 9.78. The third-order valence-corrected chi connectivity index (χ3v) is 2.68. The molecule has 2 aromatic rings. The van der Waals surface area contributed by atoms with E-state index in [0.717, 1.165) is 21.9 Å². The molecule has 16 heavy (non-hydrogen) atoms. The summed E-state index contributed by atoms with van der Waals surface area (Å²) in [5.41, 5.74) is 3.11. The minimum atomic E-state index is 0.771. The SMILES string of the molecule is C/C(=C\c1ccccn1)c1ccccc1Cl. The summed E-state index contributed by atoms with van der Waals surface area (Å²) in [5, 5.41) is 0.771. The van der Waals surface area contributed by atoms with E-state index in [4.69, 9.17) is 11.6 Å². The van der Waals surface area contributed by atoms with Gasteiger partial charge in [0.1, 0.15) is 0 Å². The van der Waals surface area contributed by atoms with Crippen LogP contribution in [0.1, 0.15) is 18.2 Å². The normalized spacial score (nSPS) is 11.5. The highest BCUT2D eigenvalue weighted by atomic mass is 35.5. The van der Waals surface area contributed by atoms with Gasteiger partial charge in [-0.05, 0) is 42.3 Å². The molecule has 1 aromatic heterocycles. The van der Waals surface area contributed by atoms with Crippen LogP contribution in [-0.2, 0) is 0 Å². The summed E-state index contributed by atoms with van der Waals surface area (Å²) in [7, 11) is 0. The van der Waals surface area contributed by atoms with E-state index in [2.05, 4.69) is 4.98 Å². The molecule has 0 bridgehead atoms. The molecule has 2 rings (SSSR count).